The van der Waals surface area contributed by atoms with E-state index < -0.39 is 4.92 Å². The highest BCUT2D eigenvalue weighted by Crippen LogP contribution is 2.18. The molecule has 1 N–H and O–H groups in total. The number of hydrogen-bond donors (Lipinski definition) is 1. The van der Waals surface area contributed by atoms with Crippen molar-refractivity contribution in [3.05, 3.63) is 70.7 Å². The van der Waals surface area contributed by atoms with E-state index in [0.29, 0.717) is 5.82 Å². The maximum absolute atomic E-state index is 10.6. The number of nitrogens with zero attached hydrogens (tertiary/aromatic N) is 5. The maximum Gasteiger partial charge on any atom is 0.287 e. The van der Waals surface area contributed by atoms with Crippen molar-refractivity contribution in [3.63, 3.8) is 0 Å². The van der Waals surface area contributed by atoms with Gasteiger partial charge in [0.25, 0.3) is 5.69 Å². The summed E-state index contributed by atoms with van der Waals surface area (Å²) in [7, 11) is 0. The van der Waals surface area contributed by atoms with Gasteiger partial charge in [-0.15, -0.1) is 5.10 Å². The minimum atomic E-state index is -0.480. The van der Waals surface area contributed by atoms with Crippen molar-refractivity contribution >= 4 is 11.5 Å². The Hall–Kier alpha value is -3.29. The van der Waals surface area contributed by atoms with Crippen LogP contribution in [0.2, 0.25) is 0 Å². The molecule has 1 aromatic carbocycles. The van der Waals surface area contributed by atoms with Crippen molar-refractivity contribution in [2.75, 3.05) is 5.32 Å². The fourth-order valence-electron chi connectivity index (χ4n) is 2.06. The van der Waals surface area contributed by atoms with Crippen LogP contribution in [-0.4, -0.2) is 24.9 Å². The molecular weight excluding hydrogens is 296 g/mol. The summed E-state index contributed by atoms with van der Waals surface area (Å²) in [5.41, 5.74) is 1.62. The first-order chi connectivity index (χ1) is 11.1. The third kappa shape index (κ3) is 3.31. The van der Waals surface area contributed by atoms with Crippen molar-refractivity contribution in [1.29, 1.82) is 0 Å². The van der Waals surface area contributed by atoms with Crippen molar-refractivity contribution in [1.82, 2.24) is 20.0 Å². The van der Waals surface area contributed by atoms with Crippen LogP contribution >= 0.6 is 0 Å². The fourth-order valence-corrected chi connectivity index (χ4v) is 2.06. The number of nitro groups is 1. The molecule has 0 fully saturated rings. The van der Waals surface area contributed by atoms with Crippen molar-refractivity contribution in [2.45, 2.75) is 13.0 Å². The van der Waals surface area contributed by atoms with Gasteiger partial charge >= 0.3 is 0 Å². The number of aromatic nitrogens is 4. The first kappa shape index (κ1) is 14.6. The number of rotatable bonds is 5. The minimum absolute atomic E-state index is 0.0433. The van der Waals surface area contributed by atoms with E-state index in [4.69, 9.17) is 0 Å². The standard InChI is InChI=1S/C15H14N6O2/c1-11(17-15-8-7-13(9-16-15)21(22)23)14-10-20(19-18-14)12-5-3-2-4-6-12/h2-11H,1H3,(H,16,17). The summed E-state index contributed by atoms with van der Waals surface area (Å²) < 4.78 is 1.69. The van der Waals surface area contributed by atoms with Crippen LogP contribution < -0.4 is 5.32 Å². The Morgan fingerprint density at radius 3 is 2.65 bits per heavy atom. The van der Waals surface area contributed by atoms with Gasteiger partial charge in [0.15, 0.2) is 0 Å². The SMILES string of the molecule is CC(Nc1ccc([N+](=O)[O-])cn1)c1cn(-c2ccccc2)nn1. The Labute approximate surface area is 131 Å². The molecule has 3 rings (SSSR count). The van der Waals surface area contributed by atoms with Crippen LogP contribution in [-0.2, 0) is 0 Å². The summed E-state index contributed by atoms with van der Waals surface area (Å²) in [6.07, 6.45) is 3.05. The summed E-state index contributed by atoms with van der Waals surface area (Å²) in [4.78, 5) is 14.2. The maximum atomic E-state index is 10.6. The zero-order chi connectivity index (χ0) is 16.2. The van der Waals surface area contributed by atoms with Crippen LogP contribution in [0.4, 0.5) is 11.5 Å². The summed E-state index contributed by atoms with van der Waals surface area (Å²) in [6, 6.07) is 12.5. The number of nitrogens with one attached hydrogen (secondary N) is 1. The van der Waals surface area contributed by atoms with Gasteiger partial charge in [-0.25, -0.2) is 9.67 Å². The minimum Gasteiger partial charge on any atom is -0.362 e. The topological polar surface area (TPSA) is 98.8 Å². The molecule has 116 valence electrons. The molecule has 0 radical (unpaired) electrons. The smallest absolute Gasteiger partial charge is 0.287 e. The lowest BCUT2D eigenvalue weighted by molar-refractivity contribution is -0.385. The summed E-state index contributed by atoms with van der Waals surface area (Å²) in [6.45, 7) is 1.92. The van der Waals surface area contributed by atoms with E-state index in [2.05, 4.69) is 20.6 Å². The monoisotopic (exact) mass is 310 g/mol. The quantitative estimate of drug-likeness (QED) is 0.574. The van der Waals surface area contributed by atoms with Gasteiger partial charge in [0.05, 0.1) is 22.8 Å². The van der Waals surface area contributed by atoms with E-state index in [1.165, 1.54) is 12.3 Å². The van der Waals surface area contributed by atoms with E-state index in [1.807, 2.05) is 43.5 Å². The predicted octanol–water partition coefficient (Wildman–Crippen LogP) is 2.74. The average Bonchev–Trinajstić information content (AvgIpc) is 3.06. The lowest BCUT2D eigenvalue weighted by Crippen LogP contribution is -2.08. The molecule has 0 bridgehead atoms. The Bertz CT molecular complexity index is 800. The van der Waals surface area contributed by atoms with Crippen molar-refractivity contribution in [2.24, 2.45) is 0 Å². The number of anilines is 1. The van der Waals surface area contributed by atoms with Crippen LogP contribution in [0.1, 0.15) is 18.7 Å². The molecule has 8 heteroatoms. The zero-order valence-electron chi connectivity index (χ0n) is 12.3. The van der Waals surface area contributed by atoms with E-state index in [1.54, 1.807) is 10.7 Å². The third-order valence-corrected chi connectivity index (χ3v) is 3.30. The fraction of sp³-hybridized carbons (Fsp3) is 0.133. The number of para-hydroxylation sites is 1. The molecule has 23 heavy (non-hydrogen) atoms. The van der Waals surface area contributed by atoms with Gasteiger partial charge in [0.1, 0.15) is 17.7 Å². The van der Waals surface area contributed by atoms with E-state index in [9.17, 15) is 10.1 Å². The molecule has 1 atom stereocenters. The van der Waals surface area contributed by atoms with Gasteiger partial charge in [-0.3, -0.25) is 10.1 Å². The molecule has 0 amide bonds. The molecular formula is C15H14N6O2. The van der Waals surface area contributed by atoms with Crippen LogP contribution in [0, 0.1) is 10.1 Å². The molecule has 0 aliphatic rings. The number of pyridine rings is 1. The normalized spacial score (nSPS) is 11.9. The second-order valence-electron chi connectivity index (χ2n) is 4.95. The first-order valence-corrected chi connectivity index (χ1v) is 6.98. The molecule has 0 saturated heterocycles. The van der Waals surface area contributed by atoms with Gasteiger partial charge < -0.3 is 5.32 Å². The predicted molar refractivity (Wildman–Crippen MR) is 84.3 cm³/mol. The molecule has 2 aromatic heterocycles. The molecule has 1 unspecified atom stereocenters. The Kier molecular flexibility index (Phi) is 3.96. The Balaban J connectivity index is 1.72. The second-order valence-corrected chi connectivity index (χ2v) is 4.95. The molecule has 2 heterocycles. The van der Waals surface area contributed by atoms with Crippen molar-refractivity contribution < 1.29 is 4.92 Å². The van der Waals surface area contributed by atoms with Crippen molar-refractivity contribution in [3.8, 4) is 5.69 Å². The molecule has 0 aliphatic carbocycles. The van der Waals surface area contributed by atoms with E-state index in [0.717, 1.165) is 11.4 Å². The highest BCUT2D eigenvalue weighted by atomic mass is 16.6. The van der Waals surface area contributed by atoms with E-state index in [-0.39, 0.29) is 11.7 Å². The molecule has 0 saturated carbocycles. The van der Waals surface area contributed by atoms with Gasteiger partial charge in [-0.2, -0.15) is 0 Å². The molecule has 0 aliphatic heterocycles. The molecule has 0 spiro atoms. The highest BCUT2D eigenvalue weighted by Gasteiger charge is 2.12. The van der Waals surface area contributed by atoms with Crippen LogP contribution in [0.5, 0.6) is 0 Å². The Morgan fingerprint density at radius 2 is 2.00 bits per heavy atom. The van der Waals surface area contributed by atoms with Crippen LogP contribution in [0.25, 0.3) is 5.69 Å². The lowest BCUT2D eigenvalue weighted by Gasteiger charge is -2.11. The van der Waals surface area contributed by atoms with E-state index >= 15 is 0 Å². The molecule has 8 nitrogen and oxygen atoms in total. The summed E-state index contributed by atoms with van der Waals surface area (Å²) in [5, 5.41) is 22.0. The first-order valence-electron chi connectivity index (χ1n) is 6.98. The largest absolute Gasteiger partial charge is 0.362 e. The van der Waals surface area contributed by atoms with Gasteiger partial charge in [-0.05, 0) is 25.1 Å². The van der Waals surface area contributed by atoms with Gasteiger partial charge in [-0.1, -0.05) is 23.4 Å². The average molecular weight is 310 g/mol. The lowest BCUT2D eigenvalue weighted by atomic mass is 10.2. The van der Waals surface area contributed by atoms with Crippen LogP contribution in [0.15, 0.2) is 54.9 Å². The number of benzene rings is 1. The second kappa shape index (κ2) is 6.22. The summed E-state index contributed by atoms with van der Waals surface area (Å²) >= 11 is 0. The highest BCUT2D eigenvalue weighted by molar-refractivity contribution is 5.41. The third-order valence-electron chi connectivity index (χ3n) is 3.30. The van der Waals surface area contributed by atoms with Crippen LogP contribution in [0.3, 0.4) is 0 Å². The molecule has 3 aromatic rings. The zero-order valence-corrected chi connectivity index (χ0v) is 12.3. The Morgan fingerprint density at radius 1 is 1.22 bits per heavy atom. The number of hydrogen-bond acceptors (Lipinski definition) is 6. The van der Waals surface area contributed by atoms with Gasteiger partial charge in [0.2, 0.25) is 0 Å². The van der Waals surface area contributed by atoms with Gasteiger partial charge in [0, 0.05) is 6.07 Å². The summed E-state index contributed by atoms with van der Waals surface area (Å²) in [5.74, 6) is 0.539.